The molecule has 2 aromatic heterocycles. The van der Waals surface area contributed by atoms with Crippen LogP contribution in [0.2, 0.25) is 0 Å². The van der Waals surface area contributed by atoms with E-state index in [9.17, 15) is 9.18 Å². The zero-order valence-electron chi connectivity index (χ0n) is 21.1. The van der Waals surface area contributed by atoms with Gasteiger partial charge in [-0.15, -0.1) is 0 Å². The lowest BCUT2D eigenvalue weighted by atomic mass is 9.96. The normalized spacial score (nSPS) is 11.6. The summed E-state index contributed by atoms with van der Waals surface area (Å²) in [5.74, 6) is 1.05. The number of nitrogens with zero attached hydrogens (tertiary/aromatic N) is 4. The number of benzene rings is 3. The van der Waals surface area contributed by atoms with Gasteiger partial charge in [0, 0.05) is 11.8 Å². The minimum absolute atomic E-state index is 0.197. The Morgan fingerprint density at radius 1 is 1.03 bits per heavy atom. The molecule has 5 aromatic rings. The number of fused-ring (bicyclic) bond motifs is 1. The summed E-state index contributed by atoms with van der Waals surface area (Å²) in [4.78, 5) is 18.5. The fourth-order valence-electron chi connectivity index (χ4n) is 4.45. The lowest BCUT2D eigenvalue weighted by molar-refractivity contribution is 0.407. The van der Waals surface area contributed by atoms with Gasteiger partial charge in [0.05, 0.1) is 35.6 Å². The number of para-hydroxylation sites is 2. The molecule has 0 amide bonds. The van der Waals surface area contributed by atoms with E-state index < -0.39 is 0 Å². The highest BCUT2D eigenvalue weighted by atomic mass is 19.1. The summed E-state index contributed by atoms with van der Waals surface area (Å²) in [6.45, 7) is 6.14. The maximum absolute atomic E-state index is 14.5. The molecule has 6 nitrogen and oxygen atoms in total. The Morgan fingerprint density at radius 3 is 2.54 bits per heavy atom. The Labute approximate surface area is 214 Å². The second-order valence-electron chi connectivity index (χ2n) is 9.13. The van der Waals surface area contributed by atoms with Crippen molar-refractivity contribution in [3.8, 4) is 22.8 Å². The Hall–Kier alpha value is -4.52. The van der Waals surface area contributed by atoms with Crippen LogP contribution in [0.1, 0.15) is 36.6 Å². The van der Waals surface area contributed by atoms with Gasteiger partial charge in [0.25, 0.3) is 5.56 Å². The topological polar surface area (TPSA) is 61.4 Å². The lowest BCUT2D eigenvalue weighted by Crippen LogP contribution is -2.21. The molecule has 0 aliphatic carbocycles. The Bertz CT molecular complexity index is 1700. The van der Waals surface area contributed by atoms with Gasteiger partial charge in [-0.2, -0.15) is 9.78 Å². The summed E-state index contributed by atoms with van der Waals surface area (Å²) in [5, 5.41) is 5.05. The van der Waals surface area contributed by atoms with Crippen molar-refractivity contribution in [2.45, 2.75) is 26.7 Å². The van der Waals surface area contributed by atoms with Gasteiger partial charge in [0.2, 0.25) is 0 Å². The van der Waals surface area contributed by atoms with Crippen molar-refractivity contribution in [3.63, 3.8) is 0 Å². The molecule has 0 aliphatic rings. The fourth-order valence-corrected chi connectivity index (χ4v) is 4.45. The molecular formula is C30H27FN4O2. The van der Waals surface area contributed by atoms with Gasteiger partial charge in [0.15, 0.2) is 5.82 Å². The van der Waals surface area contributed by atoms with Crippen LogP contribution in [0.3, 0.4) is 0 Å². The van der Waals surface area contributed by atoms with Crippen LogP contribution >= 0.6 is 0 Å². The van der Waals surface area contributed by atoms with Crippen LogP contribution in [-0.4, -0.2) is 27.6 Å². The van der Waals surface area contributed by atoms with E-state index in [2.05, 4.69) is 18.9 Å². The number of ether oxygens (including phenoxy) is 1. The van der Waals surface area contributed by atoms with Gasteiger partial charge in [-0.1, -0.05) is 38.1 Å². The van der Waals surface area contributed by atoms with Gasteiger partial charge in [-0.25, -0.2) is 9.37 Å². The van der Waals surface area contributed by atoms with E-state index in [4.69, 9.17) is 9.72 Å². The zero-order valence-corrected chi connectivity index (χ0v) is 21.1. The van der Waals surface area contributed by atoms with Crippen LogP contribution in [0.15, 0.2) is 88.9 Å². The standard InChI is InChI=1S/C30H27FN4O2/c1-19(2)23-17-24(20(3)16-28(23)37-4)29-33-26-13-7-5-11-22(26)30(36)35(29)32-18-21-10-9-15-34(21)27-14-8-6-12-25(27)31/h5-19H,1-4H3. The number of aryl methyl sites for hydroxylation is 1. The molecule has 0 saturated heterocycles. The van der Waals surface area contributed by atoms with Gasteiger partial charge in [0.1, 0.15) is 11.6 Å². The van der Waals surface area contributed by atoms with Crippen molar-refractivity contribution in [2.24, 2.45) is 5.10 Å². The maximum atomic E-state index is 14.5. The second-order valence-corrected chi connectivity index (χ2v) is 9.13. The van der Waals surface area contributed by atoms with Gasteiger partial charge < -0.3 is 9.30 Å². The summed E-state index contributed by atoms with van der Waals surface area (Å²) in [5.41, 5.74) is 4.01. The smallest absolute Gasteiger partial charge is 0.282 e. The molecule has 2 heterocycles. The first-order valence-electron chi connectivity index (χ1n) is 12.1. The Balaban J connectivity index is 1.73. The minimum Gasteiger partial charge on any atom is -0.496 e. The quantitative estimate of drug-likeness (QED) is 0.260. The van der Waals surface area contributed by atoms with Crippen LogP contribution in [0.25, 0.3) is 28.0 Å². The predicted molar refractivity (Wildman–Crippen MR) is 146 cm³/mol. The summed E-state index contributed by atoms with van der Waals surface area (Å²) in [6.07, 6.45) is 3.31. The van der Waals surface area contributed by atoms with Crippen molar-refractivity contribution < 1.29 is 9.13 Å². The molecule has 3 aromatic carbocycles. The Kier molecular flexibility index (Phi) is 6.44. The highest BCUT2D eigenvalue weighted by Gasteiger charge is 2.18. The van der Waals surface area contributed by atoms with Gasteiger partial charge >= 0.3 is 0 Å². The van der Waals surface area contributed by atoms with Crippen LogP contribution in [0.4, 0.5) is 4.39 Å². The molecule has 0 radical (unpaired) electrons. The highest BCUT2D eigenvalue weighted by Crippen LogP contribution is 2.34. The third kappa shape index (κ3) is 4.44. The fraction of sp³-hybridized carbons (Fsp3) is 0.167. The second kappa shape index (κ2) is 9.85. The van der Waals surface area contributed by atoms with E-state index in [-0.39, 0.29) is 17.3 Å². The number of hydrogen-bond acceptors (Lipinski definition) is 4. The summed E-state index contributed by atoms with van der Waals surface area (Å²) in [6, 6.07) is 21.3. The average molecular weight is 495 g/mol. The van der Waals surface area contributed by atoms with Crippen molar-refractivity contribution in [2.75, 3.05) is 7.11 Å². The van der Waals surface area contributed by atoms with Crippen molar-refractivity contribution in [1.82, 2.24) is 14.2 Å². The van der Waals surface area contributed by atoms with Crippen LogP contribution in [0, 0.1) is 12.7 Å². The van der Waals surface area contributed by atoms with Crippen LogP contribution in [-0.2, 0) is 0 Å². The molecule has 0 unspecified atom stereocenters. The molecule has 7 heteroatoms. The monoisotopic (exact) mass is 494 g/mol. The lowest BCUT2D eigenvalue weighted by Gasteiger charge is -2.17. The molecule has 0 saturated carbocycles. The first-order chi connectivity index (χ1) is 17.9. The Morgan fingerprint density at radius 2 is 1.78 bits per heavy atom. The van der Waals surface area contributed by atoms with E-state index in [0.29, 0.717) is 28.1 Å². The first-order valence-corrected chi connectivity index (χ1v) is 12.1. The number of hydrogen-bond donors (Lipinski definition) is 0. The molecule has 0 fully saturated rings. The molecular weight excluding hydrogens is 467 g/mol. The predicted octanol–water partition coefficient (Wildman–Crippen LogP) is 6.32. The van der Waals surface area contributed by atoms with E-state index in [1.165, 1.54) is 10.7 Å². The highest BCUT2D eigenvalue weighted by molar-refractivity contribution is 5.82. The molecule has 37 heavy (non-hydrogen) atoms. The number of rotatable bonds is 6. The largest absolute Gasteiger partial charge is 0.496 e. The first kappa shape index (κ1) is 24.2. The van der Waals surface area contributed by atoms with Crippen LogP contribution in [0.5, 0.6) is 5.75 Å². The van der Waals surface area contributed by atoms with Crippen molar-refractivity contribution >= 4 is 17.1 Å². The summed E-state index contributed by atoms with van der Waals surface area (Å²) in [7, 11) is 1.65. The van der Waals surface area contributed by atoms with E-state index in [1.54, 1.807) is 60.5 Å². The van der Waals surface area contributed by atoms with Crippen molar-refractivity contribution in [3.05, 3.63) is 112 Å². The number of halogens is 1. The molecule has 0 spiro atoms. The molecule has 0 atom stereocenters. The molecule has 5 rings (SSSR count). The zero-order chi connectivity index (χ0) is 26.1. The molecule has 0 bridgehead atoms. The summed E-state index contributed by atoms with van der Waals surface area (Å²) < 4.78 is 23.1. The SMILES string of the molecule is COc1cc(C)c(-c2nc3ccccc3c(=O)n2N=Cc2cccn2-c2ccccc2F)cc1C(C)C. The van der Waals surface area contributed by atoms with Crippen molar-refractivity contribution in [1.29, 1.82) is 0 Å². The molecule has 186 valence electrons. The van der Waals surface area contributed by atoms with Gasteiger partial charge in [-0.05, 0) is 72.5 Å². The molecule has 0 N–H and O–H groups in total. The average Bonchev–Trinajstić information content (AvgIpc) is 3.36. The van der Waals surface area contributed by atoms with E-state index in [0.717, 1.165) is 22.4 Å². The van der Waals surface area contributed by atoms with E-state index >= 15 is 0 Å². The maximum Gasteiger partial charge on any atom is 0.282 e. The third-order valence-corrected chi connectivity index (χ3v) is 6.39. The minimum atomic E-state index is -0.353. The van der Waals surface area contributed by atoms with Crippen LogP contribution < -0.4 is 10.3 Å². The van der Waals surface area contributed by atoms with E-state index in [1.807, 2.05) is 37.3 Å². The molecule has 0 aliphatic heterocycles. The third-order valence-electron chi connectivity index (χ3n) is 6.39. The number of methoxy groups -OCH3 is 1. The van der Waals surface area contributed by atoms with Gasteiger partial charge in [-0.3, -0.25) is 4.79 Å². The number of aromatic nitrogens is 3. The summed E-state index contributed by atoms with van der Waals surface area (Å²) >= 11 is 0.